The maximum atomic E-state index is 10.3. The van der Waals surface area contributed by atoms with Gasteiger partial charge in [-0.15, -0.1) is 0 Å². The second kappa shape index (κ2) is 5.68. The first kappa shape index (κ1) is 13.2. The zero-order valence-electron chi connectivity index (χ0n) is 11.8. The maximum absolute atomic E-state index is 10.3. The van der Waals surface area contributed by atoms with Gasteiger partial charge in [0.1, 0.15) is 5.75 Å². The summed E-state index contributed by atoms with van der Waals surface area (Å²) in [4.78, 5) is 0. The third-order valence-corrected chi connectivity index (χ3v) is 4.17. The molecular weight excluding hydrogens is 248 g/mol. The van der Waals surface area contributed by atoms with Crippen molar-refractivity contribution >= 4 is 0 Å². The van der Waals surface area contributed by atoms with Crippen molar-refractivity contribution in [1.82, 2.24) is 0 Å². The van der Waals surface area contributed by atoms with Crippen LogP contribution in [0.2, 0.25) is 0 Å². The van der Waals surface area contributed by atoms with E-state index in [0.29, 0.717) is 12.3 Å². The Morgan fingerprint density at radius 2 is 1.90 bits per heavy atom. The minimum absolute atomic E-state index is 0.315. The Kier molecular flexibility index (Phi) is 3.75. The molecule has 0 spiro atoms. The van der Waals surface area contributed by atoms with Crippen molar-refractivity contribution in [3.8, 4) is 5.75 Å². The Hall–Kier alpha value is -1.80. The summed E-state index contributed by atoms with van der Waals surface area (Å²) in [5.41, 5.74) is 3.92. The normalized spacial score (nSPS) is 18.0. The van der Waals surface area contributed by atoms with E-state index in [9.17, 15) is 5.11 Å². The van der Waals surface area contributed by atoms with Crippen LogP contribution >= 0.6 is 0 Å². The van der Waals surface area contributed by atoms with Crippen LogP contribution in [-0.4, -0.2) is 18.3 Å². The molecule has 0 saturated carbocycles. The van der Waals surface area contributed by atoms with E-state index in [1.165, 1.54) is 11.1 Å². The van der Waals surface area contributed by atoms with Gasteiger partial charge in [-0.3, -0.25) is 0 Å². The van der Waals surface area contributed by atoms with Gasteiger partial charge >= 0.3 is 0 Å². The Morgan fingerprint density at radius 3 is 2.70 bits per heavy atom. The van der Waals surface area contributed by atoms with Crippen LogP contribution in [0.15, 0.2) is 48.5 Å². The molecule has 2 nitrogen and oxygen atoms in total. The van der Waals surface area contributed by atoms with Gasteiger partial charge in [-0.1, -0.05) is 42.5 Å². The minimum atomic E-state index is -0.315. The van der Waals surface area contributed by atoms with E-state index >= 15 is 0 Å². The first-order valence-electron chi connectivity index (χ1n) is 7.15. The van der Waals surface area contributed by atoms with Gasteiger partial charge < -0.3 is 9.84 Å². The molecule has 0 aromatic heterocycles. The van der Waals surface area contributed by atoms with Crippen molar-refractivity contribution < 1.29 is 9.84 Å². The molecular formula is C18H20O2. The highest BCUT2D eigenvalue weighted by atomic mass is 16.5. The highest BCUT2D eigenvalue weighted by Crippen LogP contribution is 2.38. The molecule has 2 unspecified atom stereocenters. The Balaban J connectivity index is 1.62. The van der Waals surface area contributed by atoms with Gasteiger partial charge in [0.15, 0.2) is 0 Å². The van der Waals surface area contributed by atoms with Crippen LogP contribution in [0, 0.1) is 0 Å². The Morgan fingerprint density at radius 1 is 1.15 bits per heavy atom. The van der Waals surface area contributed by atoms with Crippen LogP contribution in [0.1, 0.15) is 29.0 Å². The van der Waals surface area contributed by atoms with Crippen LogP contribution < -0.4 is 4.74 Å². The lowest BCUT2D eigenvalue weighted by Gasteiger charge is -2.31. The molecule has 0 bridgehead atoms. The summed E-state index contributed by atoms with van der Waals surface area (Å²) in [7, 11) is 1.67. The lowest BCUT2D eigenvalue weighted by Crippen LogP contribution is -2.23. The summed E-state index contributed by atoms with van der Waals surface area (Å²) >= 11 is 0. The molecule has 1 N–H and O–H groups in total. The first-order valence-corrected chi connectivity index (χ1v) is 7.15. The summed E-state index contributed by atoms with van der Waals surface area (Å²) < 4.78 is 5.34. The maximum Gasteiger partial charge on any atom is 0.122 e. The average molecular weight is 268 g/mol. The van der Waals surface area contributed by atoms with E-state index in [-0.39, 0.29) is 6.10 Å². The standard InChI is InChI=1S/C18H20O2/c1-20-18-9-5-3-7-14(18)11-16(19)12-15-10-13-6-2-4-8-17(13)15/h2-9,15-16,19H,10-12H2,1H3. The van der Waals surface area contributed by atoms with E-state index < -0.39 is 0 Å². The summed E-state index contributed by atoms with van der Waals surface area (Å²) in [5.74, 6) is 1.37. The number of rotatable bonds is 5. The van der Waals surface area contributed by atoms with Crippen LogP contribution in [0.3, 0.4) is 0 Å². The molecule has 0 radical (unpaired) electrons. The minimum Gasteiger partial charge on any atom is -0.496 e. The zero-order valence-corrected chi connectivity index (χ0v) is 11.8. The van der Waals surface area contributed by atoms with Crippen molar-refractivity contribution in [2.45, 2.75) is 31.3 Å². The smallest absolute Gasteiger partial charge is 0.122 e. The third-order valence-electron chi connectivity index (χ3n) is 4.17. The van der Waals surface area contributed by atoms with E-state index in [1.54, 1.807) is 7.11 Å². The largest absolute Gasteiger partial charge is 0.496 e. The Labute approximate surface area is 120 Å². The molecule has 1 aliphatic carbocycles. The third kappa shape index (κ3) is 2.56. The molecule has 2 heteroatoms. The van der Waals surface area contributed by atoms with Crippen molar-refractivity contribution in [3.63, 3.8) is 0 Å². The molecule has 20 heavy (non-hydrogen) atoms. The molecule has 0 fully saturated rings. The van der Waals surface area contributed by atoms with E-state index in [0.717, 1.165) is 24.2 Å². The number of aliphatic hydroxyl groups excluding tert-OH is 1. The van der Waals surface area contributed by atoms with Crippen LogP contribution in [0.4, 0.5) is 0 Å². The topological polar surface area (TPSA) is 29.5 Å². The summed E-state index contributed by atoms with van der Waals surface area (Å²) in [6, 6.07) is 16.4. The molecule has 0 aliphatic heterocycles. The van der Waals surface area contributed by atoms with Gasteiger partial charge in [-0.25, -0.2) is 0 Å². The fourth-order valence-electron chi connectivity index (χ4n) is 3.11. The fourth-order valence-corrected chi connectivity index (χ4v) is 3.11. The summed E-state index contributed by atoms with van der Waals surface area (Å²) in [5, 5.41) is 10.3. The van der Waals surface area contributed by atoms with Crippen molar-refractivity contribution in [1.29, 1.82) is 0 Å². The number of ether oxygens (including phenoxy) is 1. The summed E-state index contributed by atoms with van der Waals surface area (Å²) in [6.45, 7) is 0. The molecule has 3 rings (SSSR count). The second-order valence-corrected chi connectivity index (χ2v) is 5.51. The lowest BCUT2D eigenvalue weighted by atomic mass is 9.74. The van der Waals surface area contributed by atoms with Crippen molar-refractivity contribution in [3.05, 3.63) is 65.2 Å². The van der Waals surface area contributed by atoms with E-state index in [2.05, 4.69) is 24.3 Å². The molecule has 2 atom stereocenters. The van der Waals surface area contributed by atoms with Gasteiger partial charge in [0.05, 0.1) is 13.2 Å². The highest BCUT2D eigenvalue weighted by Gasteiger charge is 2.27. The number of aliphatic hydroxyl groups is 1. The average Bonchev–Trinajstić information content (AvgIpc) is 2.45. The van der Waals surface area contributed by atoms with Crippen molar-refractivity contribution in [2.75, 3.05) is 7.11 Å². The van der Waals surface area contributed by atoms with Crippen LogP contribution in [0.5, 0.6) is 5.75 Å². The molecule has 0 heterocycles. The Bertz CT molecular complexity index is 591. The van der Waals surface area contributed by atoms with Crippen LogP contribution in [0.25, 0.3) is 0 Å². The quantitative estimate of drug-likeness (QED) is 0.901. The molecule has 104 valence electrons. The second-order valence-electron chi connectivity index (χ2n) is 5.51. The molecule has 2 aromatic rings. The number of hydrogen-bond acceptors (Lipinski definition) is 2. The van der Waals surface area contributed by atoms with Crippen molar-refractivity contribution in [2.24, 2.45) is 0 Å². The number of fused-ring (bicyclic) bond motifs is 1. The number of hydrogen-bond donors (Lipinski definition) is 1. The number of para-hydroxylation sites is 1. The predicted octanol–water partition coefficient (Wildman–Crippen LogP) is 3.33. The molecule has 0 saturated heterocycles. The number of benzene rings is 2. The van der Waals surface area contributed by atoms with E-state index in [4.69, 9.17) is 4.74 Å². The predicted molar refractivity (Wildman–Crippen MR) is 80.2 cm³/mol. The van der Waals surface area contributed by atoms with Gasteiger partial charge in [0.25, 0.3) is 0 Å². The molecule has 2 aromatic carbocycles. The SMILES string of the molecule is COc1ccccc1CC(O)CC1Cc2ccccc21. The monoisotopic (exact) mass is 268 g/mol. The first-order chi connectivity index (χ1) is 9.78. The lowest BCUT2D eigenvalue weighted by molar-refractivity contribution is 0.150. The van der Waals surface area contributed by atoms with E-state index in [1.807, 2.05) is 24.3 Å². The van der Waals surface area contributed by atoms with Gasteiger partial charge in [0, 0.05) is 6.42 Å². The fraction of sp³-hybridized carbons (Fsp3) is 0.333. The molecule has 1 aliphatic rings. The zero-order chi connectivity index (χ0) is 13.9. The van der Waals surface area contributed by atoms with Gasteiger partial charge in [0.2, 0.25) is 0 Å². The highest BCUT2D eigenvalue weighted by molar-refractivity contribution is 5.40. The summed E-state index contributed by atoms with van der Waals surface area (Å²) in [6.07, 6.45) is 2.27. The van der Waals surface area contributed by atoms with Gasteiger partial charge in [-0.2, -0.15) is 0 Å². The van der Waals surface area contributed by atoms with Gasteiger partial charge in [-0.05, 0) is 41.5 Å². The molecule has 0 amide bonds. The number of methoxy groups -OCH3 is 1. The van der Waals surface area contributed by atoms with Crippen LogP contribution in [-0.2, 0) is 12.8 Å².